The van der Waals surface area contributed by atoms with Gasteiger partial charge in [-0.15, -0.1) is 0 Å². The van der Waals surface area contributed by atoms with Crippen LogP contribution in [0.5, 0.6) is 5.75 Å². The molecule has 2 heterocycles. The SMILES string of the molecule is CC1C=C(c2ccc(O)c(N3CC(=O)NS3(=O)=O)c2F)CN1. The average molecular weight is 327 g/mol. The molecule has 1 unspecified atom stereocenters. The summed E-state index contributed by atoms with van der Waals surface area (Å²) in [5.41, 5.74) is 0.345. The van der Waals surface area contributed by atoms with Crippen LogP contribution in [0.1, 0.15) is 12.5 Å². The van der Waals surface area contributed by atoms with Gasteiger partial charge in [-0.25, -0.2) is 13.4 Å². The summed E-state index contributed by atoms with van der Waals surface area (Å²) in [6.45, 7) is 1.77. The molecule has 2 aliphatic heterocycles. The number of halogens is 1. The molecule has 3 rings (SSSR count). The van der Waals surface area contributed by atoms with Crippen LogP contribution in [0.15, 0.2) is 18.2 Å². The van der Waals surface area contributed by atoms with Crippen LogP contribution >= 0.6 is 0 Å². The van der Waals surface area contributed by atoms with Gasteiger partial charge in [-0.1, -0.05) is 6.08 Å². The number of nitrogens with one attached hydrogen (secondary N) is 2. The number of rotatable bonds is 2. The molecule has 1 fully saturated rings. The van der Waals surface area contributed by atoms with Crippen LogP contribution in [0.25, 0.3) is 5.57 Å². The second-order valence-corrected chi connectivity index (χ2v) is 6.79. The molecular formula is C13H14FN3O4S. The highest BCUT2D eigenvalue weighted by atomic mass is 32.2. The van der Waals surface area contributed by atoms with E-state index >= 15 is 0 Å². The van der Waals surface area contributed by atoms with Crippen molar-refractivity contribution >= 4 is 27.4 Å². The van der Waals surface area contributed by atoms with E-state index in [-0.39, 0.29) is 11.6 Å². The number of hydrogen-bond donors (Lipinski definition) is 3. The molecule has 1 atom stereocenters. The Morgan fingerprint density at radius 3 is 2.68 bits per heavy atom. The highest BCUT2D eigenvalue weighted by Crippen LogP contribution is 2.37. The fourth-order valence-electron chi connectivity index (χ4n) is 2.56. The molecule has 0 aromatic heterocycles. The lowest BCUT2D eigenvalue weighted by Crippen LogP contribution is -2.30. The van der Waals surface area contributed by atoms with Crippen molar-refractivity contribution in [2.24, 2.45) is 0 Å². The third-order valence-corrected chi connectivity index (χ3v) is 4.95. The maximum absolute atomic E-state index is 14.8. The molecule has 1 amide bonds. The highest BCUT2D eigenvalue weighted by Gasteiger charge is 2.38. The average Bonchev–Trinajstić information content (AvgIpc) is 2.93. The van der Waals surface area contributed by atoms with Gasteiger partial charge in [-0.05, 0) is 24.6 Å². The van der Waals surface area contributed by atoms with Crippen molar-refractivity contribution in [2.75, 3.05) is 17.4 Å². The van der Waals surface area contributed by atoms with Gasteiger partial charge in [0.1, 0.15) is 18.0 Å². The van der Waals surface area contributed by atoms with Gasteiger partial charge in [0.15, 0.2) is 5.82 Å². The second-order valence-electron chi connectivity index (χ2n) is 5.19. The zero-order valence-electron chi connectivity index (χ0n) is 11.6. The van der Waals surface area contributed by atoms with Crippen molar-refractivity contribution in [3.05, 3.63) is 29.6 Å². The number of aromatic hydroxyl groups is 1. The van der Waals surface area contributed by atoms with E-state index in [9.17, 15) is 22.7 Å². The second kappa shape index (κ2) is 4.96. The first-order chi connectivity index (χ1) is 10.3. The van der Waals surface area contributed by atoms with Gasteiger partial charge in [-0.3, -0.25) is 4.79 Å². The molecule has 7 nitrogen and oxygen atoms in total. The van der Waals surface area contributed by atoms with Crippen molar-refractivity contribution in [2.45, 2.75) is 13.0 Å². The maximum Gasteiger partial charge on any atom is 0.326 e. The number of amides is 1. The van der Waals surface area contributed by atoms with Gasteiger partial charge in [0.2, 0.25) is 0 Å². The fourth-order valence-corrected chi connectivity index (χ4v) is 3.72. The van der Waals surface area contributed by atoms with Crippen LogP contribution in [-0.4, -0.2) is 38.6 Å². The van der Waals surface area contributed by atoms with Gasteiger partial charge in [0.05, 0.1) is 0 Å². The van der Waals surface area contributed by atoms with Crippen molar-refractivity contribution in [1.82, 2.24) is 10.0 Å². The van der Waals surface area contributed by atoms with Crippen LogP contribution in [0.2, 0.25) is 0 Å². The van der Waals surface area contributed by atoms with E-state index in [1.54, 1.807) is 4.72 Å². The molecule has 0 bridgehead atoms. The van der Waals surface area contributed by atoms with Crippen molar-refractivity contribution in [1.29, 1.82) is 0 Å². The van der Waals surface area contributed by atoms with E-state index in [4.69, 9.17) is 0 Å². The molecule has 9 heteroatoms. The Morgan fingerprint density at radius 1 is 1.41 bits per heavy atom. The molecule has 1 aromatic carbocycles. The number of phenols is 1. The first-order valence-electron chi connectivity index (χ1n) is 6.59. The molecule has 1 saturated heterocycles. The number of hydrogen-bond acceptors (Lipinski definition) is 5. The summed E-state index contributed by atoms with van der Waals surface area (Å²) >= 11 is 0. The zero-order valence-corrected chi connectivity index (χ0v) is 12.4. The number of carbonyl (C=O) groups excluding carboxylic acids is 1. The number of nitrogens with zero attached hydrogens (tertiary/aromatic N) is 1. The van der Waals surface area contributed by atoms with E-state index in [1.807, 2.05) is 13.0 Å². The number of phenolic OH excluding ortho intramolecular Hbond substituents is 1. The third kappa shape index (κ3) is 2.32. The first kappa shape index (κ1) is 14.8. The quantitative estimate of drug-likeness (QED) is 0.715. The lowest BCUT2D eigenvalue weighted by Gasteiger charge is -2.18. The van der Waals surface area contributed by atoms with Gasteiger partial charge >= 0.3 is 10.2 Å². The summed E-state index contributed by atoms with van der Waals surface area (Å²) in [7, 11) is -4.19. The zero-order chi connectivity index (χ0) is 16.1. The summed E-state index contributed by atoms with van der Waals surface area (Å²) in [5.74, 6) is -2.19. The van der Waals surface area contributed by atoms with E-state index < -0.39 is 39.9 Å². The molecule has 0 spiro atoms. The largest absolute Gasteiger partial charge is 0.506 e. The van der Waals surface area contributed by atoms with Gasteiger partial charge < -0.3 is 10.4 Å². The molecule has 0 aliphatic carbocycles. The van der Waals surface area contributed by atoms with Crippen LogP contribution in [0, 0.1) is 5.82 Å². The predicted octanol–water partition coefficient (Wildman–Crippen LogP) is 0.0874. The Balaban J connectivity index is 2.13. The Bertz CT molecular complexity index is 791. The van der Waals surface area contributed by atoms with E-state index in [1.165, 1.54) is 12.1 Å². The standard InChI is InChI=1S/C13H14FN3O4S/c1-7-4-8(5-15-7)9-2-3-10(18)13(12(9)14)17-6-11(19)16-22(17,20)21/h2-4,7,15,18H,5-6H2,1H3,(H,16,19). The molecule has 1 aromatic rings. The van der Waals surface area contributed by atoms with E-state index in [2.05, 4.69) is 5.32 Å². The lowest BCUT2D eigenvalue weighted by atomic mass is 10.0. The third-order valence-electron chi connectivity index (χ3n) is 3.58. The Kier molecular flexibility index (Phi) is 3.33. The molecule has 0 radical (unpaired) electrons. The summed E-state index contributed by atoms with van der Waals surface area (Å²) in [4.78, 5) is 11.3. The fraction of sp³-hybridized carbons (Fsp3) is 0.308. The number of carbonyl (C=O) groups is 1. The summed E-state index contributed by atoms with van der Waals surface area (Å²) in [5, 5.41) is 13.0. The highest BCUT2D eigenvalue weighted by molar-refractivity contribution is 7.92. The summed E-state index contributed by atoms with van der Waals surface area (Å²) in [6, 6.07) is 2.68. The molecule has 118 valence electrons. The van der Waals surface area contributed by atoms with Gasteiger partial charge in [0, 0.05) is 18.2 Å². The van der Waals surface area contributed by atoms with Crippen molar-refractivity contribution in [3.8, 4) is 5.75 Å². The number of benzene rings is 1. The van der Waals surface area contributed by atoms with Crippen LogP contribution in [0.3, 0.4) is 0 Å². The smallest absolute Gasteiger partial charge is 0.326 e. The topological polar surface area (TPSA) is 98.7 Å². The van der Waals surface area contributed by atoms with E-state index in [0.717, 1.165) is 0 Å². The molecule has 22 heavy (non-hydrogen) atoms. The molecular weight excluding hydrogens is 313 g/mol. The van der Waals surface area contributed by atoms with Crippen molar-refractivity contribution < 1.29 is 22.7 Å². The monoisotopic (exact) mass is 327 g/mol. The summed E-state index contributed by atoms with van der Waals surface area (Å²) < 4.78 is 40.7. The van der Waals surface area contributed by atoms with Crippen LogP contribution < -0.4 is 14.3 Å². The first-order valence-corrected chi connectivity index (χ1v) is 8.03. The minimum atomic E-state index is -4.19. The normalized spacial score (nSPS) is 23.5. The van der Waals surface area contributed by atoms with Gasteiger partial charge in [0.25, 0.3) is 5.91 Å². The van der Waals surface area contributed by atoms with Crippen LogP contribution in [0.4, 0.5) is 10.1 Å². The molecule has 2 aliphatic rings. The number of anilines is 1. The minimum absolute atomic E-state index is 0.0745. The molecule has 0 saturated carbocycles. The molecule has 3 N–H and O–H groups in total. The Labute approximate surface area is 126 Å². The van der Waals surface area contributed by atoms with E-state index in [0.29, 0.717) is 16.4 Å². The maximum atomic E-state index is 14.8. The predicted molar refractivity (Wildman–Crippen MR) is 77.9 cm³/mol. The minimum Gasteiger partial charge on any atom is -0.506 e. The lowest BCUT2D eigenvalue weighted by molar-refractivity contribution is -0.117. The van der Waals surface area contributed by atoms with Crippen molar-refractivity contribution in [3.63, 3.8) is 0 Å². The summed E-state index contributed by atoms with van der Waals surface area (Å²) in [6.07, 6.45) is 1.82. The van der Waals surface area contributed by atoms with Gasteiger partial charge in [-0.2, -0.15) is 8.42 Å². The Hall–Kier alpha value is -2.13. The van der Waals surface area contributed by atoms with Crippen LogP contribution in [-0.2, 0) is 15.0 Å². The Morgan fingerprint density at radius 2 is 2.14 bits per heavy atom.